The molecule has 0 fully saturated rings. The van der Waals surface area contributed by atoms with E-state index < -0.39 is 36.9 Å². The van der Waals surface area contributed by atoms with Crippen molar-refractivity contribution >= 4 is 5.91 Å². The Morgan fingerprint density at radius 1 is 0.381 bits per heavy atom. The summed E-state index contributed by atoms with van der Waals surface area (Å²) in [6, 6.07) is -0.986. The number of unbranched alkanes of at least 4 members (excludes halogenated alkanes) is 42. The van der Waals surface area contributed by atoms with E-state index in [0.29, 0.717) is 12.8 Å². The van der Waals surface area contributed by atoms with Crippen LogP contribution in [-0.2, 0) is 4.79 Å². The number of nitrogens with one attached hydrogen (secondary N) is 1. The maximum atomic E-state index is 12.6. The average molecular weight is 893 g/mol. The van der Waals surface area contributed by atoms with E-state index in [2.05, 4.69) is 31.3 Å². The number of allylic oxidation sites excluding steroid dienone is 2. The SMILES string of the molecule is CCCCCCCCCC/C=C\CCCCCCCCC(O)C(=O)NC(CO)C(O)C(O)CCCCCCCCCCCCCCCCCCCCCCCCCCCCCCC. The highest BCUT2D eigenvalue weighted by Crippen LogP contribution is 2.18. The number of amides is 1. The Morgan fingerprint density at radius 2 is 0.635 bits per heavy atom. The molecule has 0 bridgehead atoms. The summed E-state index contributed by atoms with van der Waals surface area (Å²) in [6.45, 7) is 4.09. The molecule has 5 N–H and O–H groups in total. The molecule has 1 amide bonds. The molecule has 4 unspecified atom stereocenters. The van der Waals surface area contributed by atoms with Crippen molar-refractivity contribution in [3.8, 4) is 0 Å². The number of hydrogen-bond donors (Lipinski definition) is 5. The van der Waals surface area contributed by atoms with E-state index in [9.17, 15) is 25.2 Å². The van der Waals surface area contributed by atoms with Crippen LogP contribution in [-0.4, -0.2) is 57.3 Å². The highest BCUT2D eigenvalue weighted by molar-refractivity contribution is 5.80. The van der Waals surface area contributed by atoms with Gasteiger partial charge in [0, 0.05) is 0 Å². The molecule has 0 aliphatic carbocycles. The Labute approximate surface area is 393 Å². The molecule has 0 aliphatic rings. The first-order valence-corrected chi connectivity index (χ1v) is 28.6. The molecule has 4 atom stereocenters. The molecule has 0 rings (SSSR count). The molecule has 0 heterocycles. The van der Waals surface area contributed by atoms with E-state index in [1.807, 2.05) is 0 Å². The van der Waals surface area contributed by atoms with Gasteiger partial charge in [-0.15, -0.1) is 0 Å². The molecule has 6 heteroatoms. The van der Waals surface area contributed by atoms with Gasteiger partial charge in [-0.2, -0.15) is 0 Å². The smallest absolute Gasteiger partial charge is 0.249 e. The van der Waals surface area contributed by atoms with Crippen molar-refractivity contribution in [3.05, 3.63) is 12.2 Å². The first-order chi connectivity index (χ1) is 31.0. The average Bonchev–Trinajstić information content (AvgIpc) is 3.29. The van der Waals surface area contributed by atoms with E-state index in [4.69, 9.17) is 0 Å². The zero-order valence-corrected chi connectivity index (χ0v) is 42.6. The van der Waals surface area contributed by atoms with Crippen LogP contribution < -0.4 is 5.32 Å². The zero-order chi connectivity index (χ0) is 45.9. The molecular formula is C57H113NO5. The lowest BCUT2D eigenvalue weighted by Crippen LogP contribution is -2.53. The lowest BCUT2D eigenvalue weighted by molar-refractivity contribution is -0.132. The lowest BCUT2D eigenvalue weighted by Gasteiger charge is -2.27. The molecule has 0 saturated carbocycles. The summed E-state index contributed by atoms with van der Waals surface area (Å²) in [5.41, 5.74) is 0. The van der Waals surface area contributed by atoms with Gasteiger partial charge < -0.3 is 25.7 Å². The minimum atomic E-state index is -1.26. The Balaban J connectivity index is 3.58. The summed E-state index contributed by atoms with van der Waals surface area (Å²) in [5, 5.41) is 44.0. The van der Waals surface area contributed by atoms with Crippen molar-refractivity contribution in [1.29, 1.82) is 0 Å². The Kier molecular flexibility index (Phi) is 51.2. The fourth-order valence-electron chi connectivity index (χ4n) is 9.23. The quantitative estimate of drug-likeness (QED) is 0.0309. The number of aliphatic hydroxyl groups excluding tert-OH is 4. The van der Waals surface area contributed by atoms with Gasteiger partial charge in [-0.25, -0.2) is 0 Å². The molecule has 0 spiro atoms. The summed E-state index contributed by atoms with van der Waals surface area (Å²) in [7, 11) is 0. The Morgan fingerprint density at radius 3 is 0.921 bits per heavy atom. The second-order valence-electron chi connectivity index (χ2n) is 20.0. The molecule has 6 nitrogen and oxygen atoms in total. The molecular weight excluding hydrogens is 779 g/mol. The van der Waals surface area contributed by atoms with Gasteiger partial charge >= 0.3 is 0 Å². The molecule has 0 aliphatic heterocycles. The number of carbonyl (C=O) groups is 1. The van der Waals surface area contributed by atoms with Crippen LogP contribution in [0.3, 0.4) is 0 Å². The van der Waals surface area contributed by atoms with Crippen LogP contribution in [0, 0.1) is 0 Å². The second-order valence-corrected chi connectivity index (χ2v) is 20.0. The molecule has 376 valence electrons. The molecule has 0 aromatic heterocycles. The van der Waals surface area contributed by atoms with Gasteiger partial charge in [0.25, 0.3) is 0 Å². The van der Waals surface area contributed by atoms with Crippen LogP contribution in [0.2, 0.25) is 0 Å². The zero-order valence-electron chi connectivity index (χ0n) is 42.6. The maximum Gasteiger partial charge on any atom is 0.249 e. The highest BCUT2D eigenvalue weighted by Gasteiger charge is 2.28. The second kappa shape index (κ2) is 52.0. The number of hydrogen-bond acceptors (Lipinski definition) is 5. The van der Waals surface area contributed by atoms with Crippen LogP contribution in [0.1, 0.15) is 316 Å². The van der Waals surface area contributed by atoms with Crippen LogP contribution in [0.5, 0.6) is 0 Å². The van der Waals surface area contributed by atoms with Gasteiger partial charge in [0.1, 0.15) is 12.2 Å². The Bertz CT molecular complexity index is 913. The lowest BCUT2D eigenvalue weighted by atomic mass is 9.99. The van der Waals surface area contributed by atoms with Crippen molar-refractivity contribution < 1.29 is 25.2 Å². The van der Waals surface area contributed by atoms with Crippen LogP contribution >= 0.6 is 0 Å². The normalized spacial score (nSPS) is 13.8. The molecule has 0 radical (unpaired) electrons. The summed E-state index contributed by atoms with van der Waals surface area (Å²) in [4.78, 5) is 12.6. The number of rotatable bonds is 53. The summed E-state index contributed by atoms with van der Waals surface area (Å²) in [5.74, 6) is -0.584. The maximum absolute atomic E-state index is 12.6. The third kappa shape index (κ3) is 46.0. The van der Waals surface area contributed by atoms with Crippen LogP contribution in [0.15, 0.2) is 12.2 Å². The van der Waals surface area contributed by atoms with E-state index in [0.717, 1.165) is 44.9 Å². The van der Waals surface area contributed by atoms with Gasteiger partial charge in [-0.3, -0.25) is 4.79 Å². The topological polar surface area (TPSA) is 110 Å². The van der Waals surface area contributed by atoms with E-state index in [1.54, 1.807) is 0 Å². The third-order valence-corrected chi connectivity index (χ3v) is 13.7. The predicted octanol–water partition coefficient (Wildman–Crippen LogP) is 16.5. The fraction of sp³-hybridized carbons (Fsp3) is 0.947. The van der Waals surface area contributed by atoms with Gasteiger partial charge in [-0.1, -0.05) is 289 Å². The Hall–Kier alpha value is -0.950. The highest BCUT2D eigenvalue weighted by atomic mass is 16.3. The summed E-state index contributed by atoms with van der Waals surface area (Å²) in [6.07, 6.45) is 61.4. The fourth-order valence-corrected chi connectivity index (χ4v) is 9.23. The van der Waals surface area contributed by atoms with Gasteiger partial charge in [-0.05, 0) is 38.5 Å². The van der Waals surface area contributed by atoms with Crippen molar-refractivity contribution in [2.75, 3.05) is 6.61 Å². The van der Waals surface area contributed by atoms with E-state index >= 15 is 0 Å². The van der Waals surface area contributed by atoms with E-state index in [-0.39, 0.29) is 0 Å². The third-order valence-electron chi connectivity index (χ3n) is 13.7. The van der Waals surface area contributed by atoms with Crippen molar-refractivity contribution in [1.82, 2.24) is 5.32 Å². The minimum absolute atomic E-state index is 0.365. The standard InChI is InChI=1S/C57H113NO5/c1-3-5-7-9-11-13-15-17-19-21-23-24-25-26-27-28-29-30-31-32-33-35-36-38-40-42-44-46-48-50-54(60)56(62)53(52-59)58-57(63)55(61)51-49-47-45-43-41-39-37-34-22-20-18-16-14-12-10-8-6-4-2/h22,34,53-56,59-62H,3-21,23-33,35-52H2,1-2H3,(H,58,63)/b34-22-. The number of aliphatic hydroxyl groups is 4. The van der Waals surface area contributed by atoms with Crippen molar-refractivity contribution in [2.24, 2.45) is 0 Å². The van der Waals surface area contributed by atoms with E-state index in [1.165, 1.54) is 244 Å². The monoisotopic (exact) mass is 892 g/mol. The van der Waals surface area contributed by atoms with Crippen molar-refractivity contribution in [3.63, 3.8) is 0 Å². The molecule has 0 saturated heterocycles. The number of carbonyl (C=O) groups excluding carboxylic acids is 1. The van der Waals surface area contributed by atoms with Gasteiger partial charge in [0.05, 0.1) is 18.8 Å². The first kappa shape index (κ1) is 62.1. The van der Waals surface area contributed by atoms with Gasteiger partial charge in [0.15, 0.2) is 0 Å². The molecule has 63 heavy (non-hydrogen) atoms. The van der Waals surface area contributed by atoms with Crippen molar-refractivity contribution in [2.45, 2.75) is 340 Å². The van der Waals surface area contributed by atoms with Crippen LogP contribution in [0.4, 0.5) is 0 Å². The summed E-state index contributed by atoms with van der Waals surface area (Å²) >= 11 is 0. The minimum Gasteiger partial charge on any atom is -0.394 e. The van der Waals surface area contributed by atoms with Gasteiger partial charge in [0.2, 0.25) is 5.91 Å². The summed E-state index contributed by atoms with van der Waals surface area (Å²) < 4.78 is 0. The van der Waals surface area contributed by atoms with Crippen LogP contribution in [0.25, 0.3) is 0 Å². The largest absolute Gasteiger partial charge is 0.394 e. The predicted molar refractivity (Wildman–Crippen MR) is 275 cm³/mol. The molecule has 0 aromatic carbocycles. The molecule has 0 aromatic rings. The first-order valence-electron chi connectivity index (χ1n) is 28.6.